The summed E-state index contributed by atoms with van der Waals surface area (Å²) in [6.07, 6.45) is 4.00. The zero-order chi connectivity index (χ0) is 21.2. The number of hydrazone groups is 1. The maximum atomic E-state index is 12.3. The van der Waals surface area contributed by atoms with Gasteiger partial charge in [0.2, 0.25) is 0 Å². The second-order valence-corrected chi connectivity index (χ2v) is 5.58. The second-order valence-electron chi connectivity index (χ2n) is 5.58. The second kappa shape index (κ2) is 10.5. The number of amides is 2. The minimum Gasteiger partial charge on any atom is -0.496 e. The van der Waals surface area contributed by atoms with Crippen molar-refractivity contribution in [3.05, 3.63) is 59.2 Å². The van der Waals surface area contributed by atoms with E-state index in [4.69, 9.17) is 19.4 Å². The van der Waals surface area contributed by atoms with Crippen molar-refractivity contribution in [2.45, 2.75) is 0 Å². The number of hydroxylamine groups is 1. The van der Waals surface area contributed by atoms with E-state index in [1.807, 2.05) is 0 Å². The van der Waals surface area contributed by atoms with Gasteiger partial charge in [-0.2, -0.15) is 5.10 Å². The number of nitrogens with one attached hydrogen (secondary N) is 2. The van der Waals surface area contributed by atoms with Gasteiger partial charge < -0.3 is 14.2 Å². The predicted octanol–water partition coefficient (Wildman–Crippen LogP) is 1.99. The Morgan fingerprint density at radius 2 is 1.72 bits per heavy atom. The van der Waals surface area contributed by atoms with Crippen LogP contribution in [0.3, 0.4) is 0 Å². The first-order chi connectivity index (χ1) is 14.0. The number of ether oxygens (including phenoxy) is 3. The molecule has 29 heavy (non-hydrogen) atoms. The minimum atomic E-state index is -0.674. The highest BCUT2D eigenvalue weighted by atomic mass is 16.5. The lowest BCUT2D eigenvalue weighted by Crippen LogP contribution is -2.17. The van der Waals surface area contributed by atoms with Crippen LogP contribution in [0.2, 0.25) is 0 Å². The Kier molecular flexibility index (Phi) is 7.75. The Balaban J connectivity index is 2.16. The van der Waals surface area contributed by atoms with Gasteiger partial charge in [0, 0.05) is 23.8 Å². The Labute approximate surface area is 167 Å². The number of nitrogens with zero attached hydrogens (tertiary/aromatic N) is 1. The van der Waals surface area contributed by atoms with Crippen LogP contribution in [0.4, 0.5) is 0 Å². The smallest absolute Gasteiger partial charge is 0.271 e. The van der Waals surface area contributed by atoms with Gasteiger partial charge in [-0.05, 0) is 23.8 Å². The van der Waals surface area contributed by atoms with Crippen LogP contribution < -0.4 is 25.1 Å². The molecule has 0 saturated heterocycles. The maximum Gasteiger partial charge on any atom is 0.271 e. The summed E-state index contributed by atoms with van der Waals surface area (Å²) < 4.78 is 15.8. The van der Waals surface area contributed by atoms with Gasteiger partial charge >= 0.3 is 0 Å². The summed E-state index contributed by atoms with van der Waals surface area (Å²) in [5.74, 6) is 0.364. The average Bonchev–Trinajstić information content (AvgIpc) is 2.77. The highest BCUT2D eigenvalue weighted by Gasteiger charge is 2.12. The molecule has 0 bridgehead atoms. The first-order valence-electron chi connectivity index (χ1n) is 8.38. The Hall–Kier alpha value is -3.85. The van der Waals surface area contributed by atoms with Crippen LogP contribution in [0.5, 0.6) is 17.2 Å². The summed E-state index contributed by atoms with van der Waals surface area (Å²) in [7, 11) is 4.53. The molecule has 0 aromatic heterocycles. The summed E-state index contributed by atoms with van der Waals surface area (Å²) in [5, 5.41) is 12.5. The summed E-state index contributed by atoms with van der Waals surface area (Å²) >= 11 is 0. The molecule has 0 atom stereocenters. The SMILES string of the molecule is COc1cc(OC)c(C=NNC(=O)c2cccc(C=CC(=O)NO)c2)c(OC)c1. The van der Waals surface area contributed by atoms with E-state index >= 15 is 0 Å². The molecule has 0 unspecified atom stereocenters. The fourth-order valence-electron chi connectivity index (χ4n) is 2.37. The van der Waals surface area contributed by atoms with Gasteiger partial charge in [0.25, 0.3) is 11.8 Å². The molecule has 0 aliphatic heterocycles. The van der Waals surface area contributed by atoms with E-state index in [0.717, 1.165) is 6.08 Å². The summed E-state index contributed by atoms with van der Waals surface area (Å²) in [6.45, 7) is 0. The molecule has 0 spiro atoms. The molecule has 0 aliphatic rings. The molecular weight excluding hydrogens is 378 g/mol. The molecule has 9 heteroatoms. The largest absolute Gasteiger partial charge is 0.496 e. The molecule has 0 heterocycles. The van der Waals surface area contributed by atoms with E-state index in [0.29, 0.717) is 33.9 Å². The highest BCUT2D eigenvalue weighted by molar-refractivity contribution is 5.96. The lowest BCUT2D eigenvalue weighted by molar-refractivity contribution is -0.124. The van der Waals surface area contributed by atoms with E-state index in [-0.39, 0.29) is 0 Å². The number of hydrogen-bond acceptors (Lipinski definition) is 7. The van der Waals surface area contributed by atoms with Crippen LogP contribution in [0.15, 0.2) is 47.6 Å². The number of carbonyl (C=O) groups excluding carboxylic acids is 2. The number of benzene rings is 2. The Morgan fingerprint density at radius 1 is 1.03 bits per heavy atom. The zero-order valence-electron chi connectivity index (χ0n) is 16.1. The number of hydrogen-bond donors (Lipinski definition) is 3. The summed E-state index contributed by atoms with van der Waals surface area (Å²) in [5.41, 5.74) is 5.38. The van der Waals surface area contributed by atoms with Crippen molar-refractivity contribution < 1.29 is 29.0 Å². The highest BCUT2D eigenvalue weighted by Crippen LogP contribution is 2.32. The maximum absolute atomic E-state index is 12.3. The standard InChI is InChI=1S/C20H21N3O6/c1-27-15-10-17(28-2)16(18(11-15)29-3)12-21-22-20(25)14-6-4-5-13(9-14)7-8-19(24)23-26/h4-12,26H,1-3H3,(H,22,25)(H,23,24). The van der Waals surface area contributed by atoms with Crippen LogP contribution >= 0.6 is 0 Å². The fourth-order valence-corrected chi connectivity index (χ4v) is 2.37. The Bertz CT molecular complexity index is 915. The lowest BCUT2D eigenvalue weighted by atomic mass is 10.1. The molecule has 3 N–H and O–H groups in total. The van der Waals surface area contributed by atoms with Gasteiger partial charge in [-0.3, -0.25) is 14.8 Å². The molecule has 2 aromatic carbocycles. The van der Waals surface area contributed by atoms with Gasteiger partial charge in [-0.15, -0.1) is 0 Å². The van der Waals surface area contributed by atoms with Crippen LogP contribution in [0, 0.1) is 0 Å². The van der Waals surface area contributed by atoms with Gasteiger partial charge in [0.1, 0.15) is 17.2 Å². The normalized spacial score (nSPS) is 10.8. The minimum absolute atomic E-state index is 0.336. The predicted molar refractivity (Wildman–Crippen MR) is 107 cm³/mol. The van der Waals surface area contributed by atoms with E-state index in [1.165, 1.54) is 39.1 Å². The molecule has 2 amide bonds. The molecule has 0 aliphatic carbocycles. The first kappa shape index (κ1) is 21.5. The molecule has 9 nitrogen and oxygen atoms in total. The van der Waals surface area contributed by atoms with Gasteiger partial charge in [0.15, 0.2) is 0 Å². The third-order valence-corrected chi connectivity index (χ3v) is 3.80. The third kappa shape index (κ3) is 5.81. The van der Waals surface area contributed by atoms with Crippen LogP contribution in [0.1, 0.15) is 21.5 Å². The molecule has 2 rings (SSSR count). The quantitative estimate of drug-likeness (QED) is 0.270. The van der Waals surface area contributed by atoms with Gasteiger partial charge in [0.05, 0.1) is 33.1 Å². The molecule has 0 fully saturated rings. The number of methoxy groups -OCH3 is 3. The van der Waals surface area contributed by atoms with Crippen molar-refractivity contribution in [2.75, 3.05) is 21.3 Å². The fraction of sp³-hybridized carbons (Fsp3) is 0.150. The van der Waals surface area contributed by atoms with Crippen molar-refractivity contribution in [3.63, 3.8) is 0 Å². The van der Waals surface area contributed by atoms with Gasteiger partial charge in [-0.1, -0.05) is 12.1 Å². The van der Waals surface area contributed by atoms with Crippen molar-refractivity contribution >= 4 is 24.1 Å². The zero-order valence-corrected chi connectivity index (χ0v) is 16.1. The van der Waals surface area contributed by atoms with Gasteiger partial charge in [-0.25, -0.2) is 10.9 Å². The van der Waals surface area contributed by atoms with Crippen molar-refractivity contribution in [1.82, 2.24) is 10.9 Å². The average molecular weight is 399 g/mol. The molecule has 152 valence electrons. The Morgan fingerprint density at radius 3 is 2.31 bits per heavy atom. The van der Waals surface area contributed by atoms with Crippen molar-refractivity contribution in [1.29, 1.82) is 0 Å². The lowest BCUT2D eigenvalue weighted by Gasteiger charge is -2.12. The van der Waals surface area contributed by atoms with E-state index in [2.05, 4.69) is 10.5 Å². The number of carbonyl (C=O) groups is 2. The molecule has 0 radical (unpaired) electrons. The third-order valence-electron chi connectivity index (χ3n) is 3.80. The number of rotatable bonds is 8. The van der Waals surface area contributed by atoms with E-state index in [1.54, 1.807) is 36.4 Å². The monoisotopic (exact) mass is 399 g/mol. The van der Waals surface area contributed by atoms with E-state index in [9.17, 15) is 9.59 Å². The topological polar surface area (TPSA) is 118 Å². The van der Waals surface area contributed by atoms with Crippen molar-refractivity contribution in [3.8, 4) is 17.2 Å². The van der Waals surface area contributed by atoms with Crippen LogP contribution in [-0.4, -0.2) is 44.6 Å². The van der Waals surface area contributed by atoms with E-state index < -0.39 is 11.8 Å². The summed E-state index contributed by atoms with van der Waals surface area (Å²) in [4.78, 5) is 23.4. The van der Waals surface area contributed by atoms with Crippen molar-refractivity contribution in [2.24, 2.45) is 5.10 Å². The molecule has 0 saturated carbocycles. The summed E-state index contributed by atoms with van der Waals surface area (Å²) in [6, 6.07) is 9.87. The first-order valence-corrected chi connectivity index (χ1v) is 8.38. The van der Waals surface area contributed by atoms with Crippen LogP contribution in [-0.2, 0) is 4.79 Å². The molecular formula is C20H21N3O6. The van der Waals surface area contributed by atoms with Crippen LogP contribution in [0.25, 0.3) is 6.08 Å². The molecule has 2 aromatic rings.